The molecule has 1 atom stereocenters. The summed E-state index contributed by atoms with van der Waals surface area (Å²) in [6.07, 6.45) is 2.04. The molecular formula is C20H25N3O2S. The number of hydrogen-bond acceptors (Lipinski definition) is 5. The largest absolute Gasteiger partial charge is 0.378 e. The van der Waals surface area contributed by atoms with Crippen molar-refractivity contribution in [3.8, 4) is 0 Å². The molecule has 0 aliphatic carbocycles. The van der Waals surface area contributed by atoms with E-state index in [0.717, 1.165) is 43.4 Å². The lowest BCUT2D eigenvalue weighted by atomic mass is 10.2. The van der Waals surface area contributed by atoms with Crippen molar-refractivity contribution in [1.29, 1.82) is 0 Å². The molecule has 1 fully saturated rings. The SMILES string of the molecule is CSc1cccc(N[C@H](C)C(=O)Nc2ccc(N3CCOCC3)cc2)c1. The fraction of sp³-hybridized carbons (Fsp3) is 0.350. The van der Waals surface area contributed by atoms with Crippen molar-refractivity contribution < 1.29 is 9.53 Å². The lowest BCUT2D eigenvalue weighted by Crippen LogP contribution is -2.36. The molecule has 6 heteroatoms. The number of carbonyl (C=O) groups is 1. The Morgan fingerprint density at radius 3 is 2.54 bits per heavy atom. The Labute approximate surface area is 159 Å². The summed E-state index contributed by atoms with van der Waals surface area (Å²) in [5, 5.41) is 6.22. The van der Waals surface area contributed by atoms with Crippen LogP contribution >= 0.6 is 11.8 Å². The van der Waals surface area contributed by atoms with Crippen LogP contribution < -0.4 is 15.5 Å². The normalized spacial score (nSPS) is 15.4. The van der Waals surface area contributed by atoms with Crippen molar-refractivity contribution in [1.82, 2.24) is 0 Å². The maximum absolute atomic E-state index is 12.5. The maximum Gasteiger partial charge on any atom is 0.246 e. The number of anilines is 3. The van der Waals surface area contributed by atoms with Gasteiger partial charge in [-0.15, -0.1) is 11.8 Å². The van der Waals surface area contributed by atoms with Crippen LogP contribution in [0.1, 0.15) is 6.92 Å². The van der Waals surface area contributed by atoms with Crippen molar-refractivity contribution in [3.05, 3.63) is 48.5 Å². The average molecular weight is 372 g/mol. The van der Waals surface area contributed by atoms with E-state index in [0.29, 0.717) is 0 Å². The van der Waals surface area contributed by atoms with Crippen LogP contribution in [-0.2, 0) is 9.53 Å². The zero-order valence-corrected chi connectivity index (χ0v) is 16.0. The number of hydrogen-bond donors (Lipinski definition) is 2. The first kappa shape index (κ1) is 18.6. The first-order chi connectivity index (χ1) is 12.7. The second kappa shape index (κ2) is 8.96. The monoisotopic (exact) mass is 371 g/mol. The van der Waals surface area contributed by atoms with Gasteiger partial charge in [0, 0.05) is 35.0 Å². The van der Waals surface area contributed by atoms with Crippen LogP contribution in [0.4, 0.5) is 17.1 Å². The fourth-order valence-electron chi connectivity index (χ4n) is 2.86. The molecule has 3 rings (SSSR count). The third-order valence-electron chi connectivity index (χ3n) is 4.36. The van der Waals surface area contributed by atoms with Crippen LogP contribution in [-0.4, -0.2) is 44.5 Å². The minimum atomic E-state index is -0.328. The predicted molar refractivity (Wildman–Crippen MR) is 109 cm³/mol. The molecule has 26 heavy (non-hydrogen) atoms. The van der Waals surface area contributed by atoms with Crippen molar-refractivity contribution in [3.63, 3.8) is 0 Å². The van der Waals surface area contributed by atoms with E-state index in [1.54, 1.807) is 11.8 Å². The lowest BCUT2D eigenvalue weighted by molar-refractivity contribution is -0.116. The summed E-state index contributed by atoms with van der Waals surface area (Å²) < 4.78 is 5.38. The van der Waals surface area contributed by atoms with Gasteiger partial charge in [-0.2, -0.15) is 0 Å². The highest BCUT2D eigenvalue weighted by Gasteiger charge is 2.14. The quantitative estimate of drug-likeness (QED) is 0.759. The van der Waals surface area contributed by atoms with Crippen molar-refractivity contribution in [2.24, 2.45) is 0 Å². The molecule has 138 valence electrons. The summed E-state index contributed by atoms with van der Waals surface area (Å²) in [5.74, 6) is -0.0568. The topological polar surface area (TPSA) is 53.6 Å². The number of nitrogens with zero attached hydrogens (tertiary/aromatic N) is 1. The average Bonchev–Trinajstić information content (AvgIpc) is 2.69. The Balaban J connectivity index is 1.56. The molecule has 1 amide bonds. The van der Waals surface area contributed by atoms with Crippen LogP contribution in [0.2, 0.25) is 0 Å². The molecule has 1 saturated heterocycles. The van der Waals surface area contributed by atoms with E-state index in [2.05, 4.69) is 21.6 Å². The highest BCUT2D eigenvalue weighted by atomic mass is 32.2. The smallest absolute Gasteiger partial charge is 0.246 e. The summed E-state index contributed by atoms with van der Waals surface area (Å²) in [6, 6.07) is 15.7. The Kier molecular flexibility index (Phi) is 6.41. The molecule has 2 aromatic carbocycles. The molecule has 5 nitrogen and oxygen atoms in total. The standard InChI is InChI=1S/C20H25N3O2S/c1-15(21-17-4-3-5-19(14-17)26-2)20(24)22-16-6-8-18(9-7-16)23-10-12-25-13-11-23/h3-9,14-15,21H,10-13H2,1-2H3,(H,22,24)/t15-/m1/s1. The van der Waals surface area contributed by atoms with E-state index in [-0.39, 0.29) is 11.9 Å². The Morgan fingerprint density at radius 1 is 1.12 bits per heavy atom. The summed E-state index contributed by atoms with van der Waals surface area (Å²) in [7, 11) is 0. The van der Waals surface area contributed by atoms with Gasteiger partial charge in [-0.1, -0.05) is 6.07 Å². The van der Waals surface area contributed by atoms with Gasteiger partial charge in [0.1, 0.15) is 6.04 Å². The summed E-state index contributed by atoms with van der Waals surface area (Å²) in [6.45, 7) is 5.20. The van der Waals surface area contributed by atoms with E-state index in [1.165, 1.54) is 4.90 Å². The minimum Gasteiger partial charge on any atom is -0.378 e. The van der Waals surface area contributed by atoms with Crippen molar-refractivity contribution in [2.45, 2.75) is 17.9 Å². The number of nitrogens with one attached hydrogen (secondary N) is 2. The van der Waals surface area contributed by atoms with Gasteiger partial charge >= 0.3 is 0 Å². The number of amides is 1. The van der Waals surface area contributed by atoms with Crippen LogP contribution in [0.25, 0.3) is 0 Å². The molecule has 0 unspecified atom stereocenters. The fourth-order valence-corrected chi connectivity index (χ4v) is 3.32. The van der Waals surface area contributed by atoms with E-state index in [4.69, 9.17) is 4.74 Å². The molecule has 2 N–H and O–H groups in total. The molecule has 0 saturated carbocycles. The van der Waals surface area contributed by atoms with Gasteiger partial charge in [0.2, 0.25) is 5.91 Å². The minimum absolute atomic E-state index is 0.0568. The number of benzene rings is 2. The van der Waals surface area contributed by atoms with E-state index < -0.39 is 0 Å². The number of rotatable bonds is 6. The van der Waals surface area contributed by atoms with Crippen LogP contribution in [0.15, 0.2) is 53.4 Å². The highest BCUT2D eigenvalue weighted by molar-refractivity contribution is 7.98. The summed E-state index contributed by atoms with van der Waals surface area (Å²) >= 11 is 1.68. The number of ether oxygens (including phenoxy) is 1. The molecule has 1 heterocycles. The molecule has 0 aromatic heterocycles. The van der Waals surface area contributed by atoms with Gasteiger partial charge in [0.15, 0.2) is 0 Å². The van der Waals surface area contributed by atoms with E-state index in [9.17, 15) is 4.79 Å². The van der Waals surface area contributed by atoms with Crippen LogP contribution in [0, 0.1) is 0 Å². The van der Waals surface area contributed by atoms with E-state index >= 15 is 0 Å². The number of carbonyl (C=O) groups excluding carboxylic acids is 1. The molecule has 0 radical (unpaired) electrons. The zero-order valence-electron chi connectivity index (χ0n) is 15.2. The highest BCUT2D eigenvalue weighted by Crippen LogP contribution is 2.21. The van der Waals surface area contributed by atoms with Gasteiger partial charge in [0.25, 0.3) is 0 Å². The summed E-state index contributed by atoms with van der Waals surface area (Å²) in [4.78, 5) is 15.9. The van der Waals surface area contributed by atoms with E-state index in [1.807, 2.05) is 55.6 Å². The Bertz CT molecular complexity index is 730. The van der Waals surface area contributed by atoms with Crippen LogP contribution in [0.3, 0.4) is 0 Å². The van der Waals surface area contributed by atoms with Crippen molar-refractivity contribution >= 4 is 34.7 Å². The van der Waals surface area contributed by atoms with Gasteiger partial charge in [0.05, 0.1) is 13.2 Å². The number of thioether (sulfide) groups is 1. The van der Waals surface area contributed by atoms with Crippen molar-refractivity contribution in [2.75, 3.05) is 48.1 Å². The zero-order chi connectivity index (χ0) is 18.4. The van der Waals surface area contributed by atoms with Crippen LogP contribution in [0.5, 0.6) is 0 Å². The maximum atomic E-state index is 12.5. The Morgan fingerprint density at radius 2 is 1.85 bits per heavy atom. The molecule has 0 spiro atoms. The van der Waals surface area contributed by atoms with Gasteiger partial charge in [-0.25, -0.2) is 0 Å². The van der Waals surface area contributed by atoms with Gasteiger partial charge in [-0.3, -0.25) is 4.79 Å². The first-order valence-corrected chi connectivity index (χ1v) is 10.0. The molecule has 1 aliphatic heterocycles. The second-order valence-electron chi connectivity index (χ2n) is 6.23. The molecule has 2 aromatic rings. The molecular weight excluding hydrogens is 346 g/mol. The molecule has 1 aliphatic rings. The van der Waals surface area contributed by atoms with Gasteiger partial charge in [-0.05, 0) is 55.6 Å². The third kappa shape index (κ3) is 4.93. The number of morpholine rings is 1. The predicted octanol–water partition coefficient (Wildman–Crippen LogP) is 3.68. The Hall–Kier alpha value is -2.18. The van der Waals surface area contributed by atoms with Gasteiger partial charge < -0.3 is 20.3 Å². The molecule has 0 bridgehead atoms. The summed E-state index contributed by atoms with van der Waals surface area (Å²) in [5.41, 5.74) is 2.91. The lowest BCUT2D eigenvalue weighted by Gasteiger charge is -2.29. The second-order valence-corrected chi connectivity index (χ2v) is 7.11. The first-order valence-electron chi connectivity index (χ1n) is 8.80. The third-order valence-corrected chi connectivity index (χ3v) is 5.08.